The quantitative estimate of drug-likeness (QED) is 0.154. The lowest BCUT2D eigenvalue weighted by molar-refractivity contribution is 0.768. The van der Waals surface area contributed by atoms with Crippen LogP contribution in [0.5, 0.6) is 0 Å². The summed E-state index contributed by atoms with van der Waals surface area (Å²) in [5.74, 6) is 0.710. The van der Waals surface area contributed by atoms with Crippen molar-refractivity contribution in [3.8, 4) is 78.3 Å². The standard InChI is InChI=1S/C60H43N3/c1-40-29-30-50(39-61-40)47-19-11-17-45(36-47)46-18-12-20-48(37-46)53-26-14-28-56-58(53)54-25-9-10-27-55(54)60(56,51-22-7-4-8-23-51)52-24-13-21-49(38-52)59-62-41(2)35-57(63-59)44-33-31-43(32-34-44)42-15-5-3-6-16-42/h3-39H,1-2H3. The topological polar surface area (TPSA) is 38.7 Å². The molecule has 10 aromatic rings. The van der Waals surface area contributed by atoms with Gasteiger partial charge in [0, 0.05) is 34.3 Å². The molecule has 11 rings (SSSR count). The van der Waals surface area contributed by atoms with E-state index >= 15 is 0 Å². The summed E-state index contributed by atoms with van der Waals surface area (Å²) in [5.41, 5.74) is 21.0. The lowest BCUT2D eigenvalue weighted by Crippen LogP contribution is -2.28. The van der Waals surface area contributed by atoms with Crippen LogP contribution in [0.4, 0.5) is 0 Å². The molecule has 0 amide bonds. The van der Waals surface area contributed by atoms with E-state index in [1.807, 2.05) is 19.2 Å². The van der Waals surface area contributed by atoms with E-state index in [0.29, 0.717) is 5.82 Å². The molecule has 63 heavy (non-hydrogen) atoms. The average molecular weight is 806 g/mol. The van der Waals surface area contributed by atoms with E-state index in [9.17, 15) is 0 Å². The Balaban J connectivity index is 1.04. The first-order chi connectivity index (χ1) is 31.0. The highest BCUT2D eigenvalue weighted by atomic mass is 14.9. The van der Waals surface area contributed by atoms with Crippen LogP contribution in [-0.2, 0) is 5.41 Å². The van der Waals surface area contributed by atoms with Crippen LogP contribution in [0.2, 0.25) is 0 Å². The second-order valence-electron chi connectivity index (χ2n) is 16.5. The summed E-state index contributed by atoms with van der Waals surface area (Å²) >= 11 is 0. The average Bonchev–Trinajstić information content (AvgIpc) is 3.66. The van der Waals surface area contributed by atoms with Crippen molar-refractivity contribution in [1.82, 2.24) is 15.0 Å². The molecule has 2 aromatic heterocycles. The van der Waals surface area contributed by atoms with Crippen molar-refractivity contribution in [1.29, 1.82) is 0 Å². The highest BCUT2D eigenvalue weighted by Crippen LogP contribution is 2.58. The smallest absolute Gasteiger partial charge is 0.160 e. The monoisotopic (exact) mass is 805 g/mol. The summed E-state index contributed by atoms with van der Waals surface area (Å²) in [4.78, 5) is 14.8. The van der Waals surface area contributed by atoms with Crippen LogP contribution < -0.4 is 0 Å². The van der Waals surface area contributed by atoms with Gasteiger partial charge < -0.3 is 0 Å². The Bertz CT molecular complexity index is 3280. The van der Waals surface area contributed by atoms with Crippen LogP contribution in [0.15, 0.2) is 225 Å². The number of fused-ring (bicyclic) bond motifs is 3. The van der Waals surface area contributed by atoms with Gasteiger partial charge in [-0.15, -0.1) is 0 Å². The van der Waals surface area contributed by atoms with Crippen molar-refractivity contribution in [3.63, 3.8) is 0 Å². The summed E-state index contributed by atoms with van der Waals surface area (Å²) in [6.07, 6.45) is 1.96. The molecule has 3 nitrogen and oxygen atoms in total. The molecule has 0 radical (unpaired) electrons. The van der Waals surface area contributed by atoms with Crippen molar-refractivity contribution in [2.24, 2.45) is 0 Å². The van der Waals surface area contributed by atoms with E-state index in [2.05, 4.69) is 224 Å². The summed E-state index contributed by atoms with van der Waals surface area (Å²) in [6.45, 7) is 4.08. The van der Waals surface area contributed by atoms with Gasteiger partial charge in [-0.3, -0.25) is 4.98 Å². The van der Waals surface area contributed by atoms with Gasteiger partial charge >= 0.3 is 0 Å². The molecule has 0 saturated heterocycles. The number of aromatic nitrogens is 3. The number of aryl methyl sites for hydroxylation is 2. The van der Waals surface area contributed by atoms with E-state index in [4.69, 9.17) is 9.97 Å². The molecule has 1 aliphatic rings. The molecule has 1 atom stereocenters. The maximum absolute atomic E-state index is 5.23. The summed E-state index contributed by atoms with van der Waals surface area (Å²) in [6, 6.07) is 79.0. The first-order valence-electron chi connectivity index (χ1n) is 21.6. The molecule has 2 heterocycles. The zero-order valence-corrected chi connectivity index (χ0v) is 35.2. The number of rotatable bonds is 8. The molecule has 298 valence electrons. The Morgan fingerprint density at radius 2 is 0.873 bits per heavy atom. The highest BCUT2D eigenvalue weighted by molar-refractivity contribution is 5.96. The van der Waals surface area contributed by atoms with Crippen LogP contribution in [0.3, 0.4) is 0 Å². The lowest BCUT2D eigenvalue weighted by Gasteiger charge is -2.34. The molecule has 1 aliphatic carbocycles. The number of hydrogen-bond acceptors (Lipinski definition) is 3. The predicted octanol–water partition coefficient (Wildman–Crippen LogP) is 14.9. The van der Waals surface area contributed by atoms with Crippen molar-refractivity contribution < 1.29 is 0 Å². The van der Waals surface area contributed by atoms with Gasteiger partial charge in [0.05, 0.1) is 11.1 Å². The Morgan fingerprint density at radius 1 is 0.333 bits per heavy atom. The molecule has 1 unspecified atom stereocenters. The minimum Gasteiger partial charge on any atom is -0.261 e. The van der Waals surface area contributed by atoms with Crippen LogP contribution in [-0.4, -0.2) is 15.0 Å². The second kappa shape index (κ2) is 15.8. The zero-order chi connectivity index (χ0) is 42.3. The first kappa shape index (κ1) is 38.0. The Morgan fingerprint density at radius 3 is 1.63 bits per heavy atom. The minimum absolute atomic E-state index is 0.604. The third-order valence-electron chi connectivity index (χ3n) is 12.6. The molecular weight excluding hydrogens is 763 g/mol. The Hall–Kier alpha value is -8.01. The SMILES string of the molecule is Cc1ccc(-c2cccc(-c3cccc(-c4cccc5c4-c4ccccc4C5(c4ccccc4)c4cccc(-c5nc(C)cc(-c6ccc(-c7ccccc7)cc6)n5)c4)c3)c2)cn1. The van der Waals surface area contributed by atoms with E-state index in [1.165, 1.54) is 66.8 Å². The highest BCUT2D eigenvalue weighted by Gasteiger charge is 2.47. The van der Waals surface area contributed by atoms with E-state index < -0.39 is 5.41 Å². The first-order valence-corrected chi connectivity index (χ1v) is 21.6. The maximum atomic E-state index is 5.23. The number of nitrogens with zero attached hydrogens (tertiary/aromatic N) is 3. The number of benzene rings is 8. The van der Waals surface area contributed by atoms with Crippen molar-refractivity contribution in [2.45, 2.75) is 19.3 Å². The zero-order valence-electron chi connectivity index (χ0n) is 35.2. The second-order valence-corrected chi connectivity index (χ2v) is 16.5. The molecule has 0 bridgehead atoms. The lowest BCUT2D eigenvalue weighted by atomic mass is 9.67. The van der Waals surface area contributed by atoms with E-state index in [1.54, 1.807) is 0 Å². The predicted molar refractivity (Wildman–Crippen MR) is 259 cm³/mol. The largest absolute Gasteiger partial charge is 0.261 e. The van der Waals surface area contributed by atoms with Crippen molar-refractivity contribution in [3.05, 3.63) is 258 Å². The number of hydrogen-bond donors (Lipinski definition) is 0. The molecular formula is C60H43N3. The van der Waals surface area contributed by atoms with Crippen LogP contribution in [0.1, 0.15) is 33.6 Å². The Labute approximate surface area is 369 Å². The van der Waals surface area contributed by atoms with Gasteiger partial charge in [-0.1, -0.05) is 188 Å². The van der Waals surface area contributed by atoms with Gasteiger partial charge in [0.2, 0.25) is 0 Å². The Kier molecular flexibility index (Phi) is 9.51. The van der Waals surface area contributed by atoms with Gasteiger partial charge in [0.25, 0.3) is 0 Å². The van der Waals surface area contributed by atoms with Crippen molar-refractivity contribution in [2.75, 3.05) is 0 Å². The molecule has 0 N–H and O–H groups in total. The fraction of sp³-hybridized carbons (Fsp3) is 0.0500. The van der Waals surface area contributed by atoms with E-state index in [-0.39, 0.29) is 0 Å². The summed E-state index contributed by atoms with van der Waals surface area (Å²) in [7, 11) is 0. The van der Waals surface area contributed by atoms with E-state index in [0.717, 1.165) is 39.3 Å². The van der Waals surface area contributed by atoms with Crippen LogP contribution in [0.25, 0.3) is 78.3 Å². The fourth-order valence-electron chi connectivity index (χ4n) is 9.63. The van der Waals surface area contributed by atoms with Gasteiger partial charge in [-0.05, 0) is 117 Å². The maximum Gasteiger partial charge on any atom is 0.160 e. The van der Waals surface area contributed by atoms with Gasteiger partial charge in [-0.2, -0.15) is 0 Å². The normalized spacial score (nSPS) is 13.9. The molecule has 0 spiro atoms. The summed E-state index contributed by atoms with van der Waals surface area (Å²) < 4.78 is 0. The molecule has 0 fully saturated rings. The van der Waals surface area contributed by atoms with Gasteiger partial charge in [-0.25, -0.2) is 9.97 Å². The van der Waals surface area contributed by atoms with Crippen molar-refractivity contribution >= 4 is 0 Å². The number of pyridine rings is 1. The molecule has 0 aliphatic heterocycles. The van der Waals surface area contributed by atoms with Gasteiger partial charge in [0.1, 0.15) is 0 Å². The molecule has 0 saturated carbocycles. The van der Waals surface area contributed by atoms with Gasteiger partial charge in [0.15, 0.2) is 5.82 Å². The molecule has 8 aromatic carbocycles. The third kappa shape index (κ3) is 6.75. The third-order valence-corrected chi connectivity index (χ3v) is 12.6. The minimum atomic E-state index is -0.604. The van der Waals surface area contributed by atoms with Crippen LogP contribution >= 0.6 is 0 Å². The molecule has 3 heteroatoms. The van der Waals surface area contributed by atoms with Crippen LogP contribution in [0, 0.1) is 13.8 Å². The fourth-order valence-corrected chi connectivity index (χ4v) is 9.63. The summed E-state index contributed by atoms with van der Waals surface area (Å²) in [5, 5.41) is 0.